The van der Waals surface area contributed by atoms with Crippen LogP contribution >= 0.6 is 12.2 Å². The molecule has 34 heavy (non-hydrogen) atoms. The average Bonchev–Trinajstić information content (AvgIpc) is 2.76. The summed E-state index contributed by atoms with van der Waals surface area (Å²) in [7, 11) is 0. The molecule has 2 aromatic rings. The number of nitrogens with one attached hydrogen (secondary N) is 1. The molecule has 1 saturated heterocycles. The fourth-order valence-electron chi connectivity index (χ4n) is 5.17. The van der Waals surface area contributed by atoms with Gasteiger partial charge in [-0.25, -0.2) is 0 Å². The van der Waals surface area contributed by atoms with Crippen LogP contribution in [0.3, 0.4) is 0 Å². The van der Waals surface area contributed by atoms with Crippen LogP contribution in [0.5, 0.6) is 0 Å². The van der Waals surface area contributed by atoms with Crippen LogP contribution in [0, 0.1) is 13.8 Å². The summed E-state index contributed by atoms with van der Waals surface area (Å²) in [6.45, 7) is 14.0. The summed E-state index contributed by atoms with van der Waals surface area (Å²) in [6, 6.07) is 12.0. The Morgan fingerprint density at radius 3 is 2.53 bits per heavy atom. The molecule has 0 saturated carbocycles. The second-order valence-corrected chi connectivity index (χ2v) is 10.5. The molecule has 2 amide bonds. The van der Waals surface area contributed by atoms with Crippen molar-refractivity contribution < 1.29 is 9.59 Å². The predicted octanol–water partition coefficient (Wildman–Crippen LogP) is 5.64. The second kappa shape index (κ2) is 8.99. The Kier molecular flexibility index (Phi) is 6.38. The number of carbonyl (C=O) groups excluding carboxylic acids is 2. The van der Waals surface area contributed by atoms with Gasteiger partial charge in [0.25, 0.3) is 11.8 Å². The molecule has 0 spiro atoms. The molecule has 0 radical (unpaired) electrons. The third-order valence-corrected chi connectivity index (χ3v) is 7.30. The van der Waals surface area contributed by atoms with Crippen molar-refractivity contribution in [1.82, 2.24) is 5.32 Å². The maximum absolute atomic E-state index is 13.4. The van der Waals surface area contributed by atoms with E-state index in [-0.39, 0.29) is 16.2 Å². The van der Waals surface area contributed by atoms with Gasteiger partial charge < -0.3 is 4.90 Å². The molecule has 178 valence electrons. The number of hydrogen-bond donors (Lipinski definition) is 1. The van der Waals surface area contributed by atoms with Gasteiger partial charge in [0.05, 0.1) is 5.69 Å². The van der Waals surface area contributed by atoms with E-state index >= 15 is 0 Å². The van der Waals surface area contributed by atoms with Crippen molar-refractivity contribution in [2.75, 3.05) is 16.3 Å². The molecule has 0 aromatic heterocycles. The van der Waals surface area contributed by atoms with Gasteiger partial charge >= 0.3 is 0 Å². The highest BCUT2D eigenvalue weighted by Crippen LogP contribution is 2.43. The first-order valence-electron chi connectivity index (χ1n) is 11.9. The molecule has 5 nitrogen and oxygen atoms in total. The van der Waals surface area contributed by atoms with Crippen LogP contribution in [0.4, 0.5) is 11.4 Å². The first kappa shape index (κ1) is 24.1. The van der Waals surface area contributed by atoms with Gasteiger partial charge in [0.15, 0.2) is 5.11 Å². The molecule has 0 aliphatic carbocycles. The quantitative estimate of drug-likeness (QED) is 0.353. The number of rotatable bonds is 4. The molecule has 2 aliphatic heterocycles. The molecule has 2 heterocycles. The zero-order valence-electron chi connectivity index (χ0n) is 20.9. The van der Waals surface area contributed by atoms with Crippen LogP contribution in [0.25, 0.3) is 6.08 Å². The predicted molar refractivity (Wildman–Crippen MR) is 143 cm³/mol. The van der Waals surface area contributed by atoms with Gasteiger partial charge in [-0.3, -0.25) is 19.8 Å². The van der Waals surface area contributed by atoms with Gasteiger partial charge in [-0.05, 0) is 111 Å². The topological polar surface area (TPSA) is 52.7 Å². The number of carbonyl (C=O) groups is 2. The standard InChI is InChI=1S/C28H33N3O2S/c1-7-12-30-24-11-9-20(14-22(24)19(4)16-28(30,5)6)15-23-25(32)29-27(34)31(26(23)33)21-10-8-17(2)18(3)13-21/h8-11,13-15,19H,7,12,16H2,1-6H3,(H,29,32,34)/b23-15-. The van der Waals surface area contributed by atoms with Crippen molar-refractivity contribution in [3.63, 3.8) is 0 Å². The summed E-state index contributed by atoms with van der Waals surface area (Å²) in [4.78, 5) is 30.1. The Hall–Kier alpha value is -2.99. The van der Waals surface area contributed by atoms with Crippen molar-refractivity contribution in [3.8, 4) is 0 Å². The number of anilines is 2. The third kappa shape index (κ3) is 4.27. The Bertz CT molecular complexity index is 1210. The first-order valence-corrected chi connectivity index (χ1v) is 12.3. The lowest BCUT2D eigenvalue weighted by atomic mass is 9.79. The van der Waals surface area contributed by atoms with E-state index in [1.54, 1.807) is 6.08 Å². The Balaban J connectivity index is 1.72. The van der Waals surface area contributed by atoms with Gasteiger partial charge in [0.2, 0.25) is 0 Å². The van der Waals surface area contributed by atoms with Gasteiger partial charge in [0.1, 0.15) is 5.57 Å². The molecule has 6 heteroatoms. The van der Waals surface area contributed by atoms with Gasteiger partial charge in [-0.1, -0.05) is 26.0 Å². The Labute approximate surface area is 207 Å². The minimum atomic E-state index is -0.463. The molecule has 1 atom stereocenters. The fourth-order valence-corrected chi connectivity index (χ4v) is 5.45. The average molecular weight is 476 g/mol. The van der Waals surface area contributed by atoms with Crippen LogP contribution in [-0.4, -0.2) is 29.0 Å². The number of benzene rings is 2. The summed E-state index contributed by atoms with van der Waals surface area (Å²) in [5.41, 5.74) is 6.34. The lowest BCUT2D eigenvalue weighted by Crippen LogP contribution is -2.54. The van der Waals surface area contributed by atoms with Gasteiger partial charge in [-0.15, -0.1) is 0 Å². The normalized spacial score (nSPS) is 21.1. The van der Waals surface area contributed by atoms with Crippen molar-refractivity contribution in [1.29, 1.82) is 0 Å². The third-order valence-electron chi connectivity index (χ3n) is 7.02. The van der Waals surface area contributed by atoms with Crippen LogP contribution in [0.1, 0.15) is 68.7 Å². The van der Waals surface area contributed by atoms with E-state index in [1.165, 1.54) is 16.2 Å². The number of thiocarbonyl (C=S) groups is 1. The van der Waals surface area contributed by atoms with Crippen LogP contribution in [-0.2, 0) is 9.59 Å². The summed E-state index contributed by atoms with van der Waals surface area (Å²) in [5, 5.41) is 2.79. The van der Waals surface area contributed by atoms with Gasteiger partial charge in [-0.2, -0.15) is 0 Å². The van der Waals surface area contributed by atoms with Crippen LogP contribution < -0.4 is 15.1 Å². The van der Waals surface area contributed by atoms with E-state index in [4.69, 9.17) is 12.2 Å². The van der Waals surface area contributed by atoms with Gasteiger partial charge in [0, 0.05) is 17.8 Å². The monoisotopic (exact) mass is 475 g/mol. The lowest BCUT2D eigenvalue weighted by molar-refractivity contribution is -0.122. The number of amides is 2. The smallest absolute Gasteiger partial charge is 0.270 e. The minimum absolute atomic E-state index is 0.0842. The van der Waals surface area contributed by atoms with E-state index in [0.717, 1.165) is 36.1 Å². The highest BCUT2D eigenvalue weighted by atomic mass is 32.1. The Morgan fingerprint density at radius 2 is 1.85 bits per heavy atom. The van der Waals surface area contributed by atoms with Crippen molar-refractivity contribution in [3.05, 3.63) is 64.2 Å². The maximum atomic E-state index is 13.4. The molecular weight excluding hydrogens is 442 g/mol. The van der Waals surface area contributed by atoms with E-state index < -0.39 is 11.8 Å². The highest BCUT2D eigenvalue weighted by molar-refractivity contribution is 7.80. The maximum Gasteiger partial charge on any atom is 0.270 e. The molecule has 2 aromatic carbocycles. The molecule has 2 aliphatic rings. The molecular formula is C28H33N3O2S. The summed E-state index contributed by atoms with van der Waals surface area (Å²) < 4.78 is 0. The van der Waals surface area contributed by atoms with E-state index in [0.29, 0.717) is 11.6 Å². The number of aryl methyl sites for hydroxylation is 2. The largest absolute Gasteiger partial charge is 0.366 e. The summed E-state index contributed by atoms with van der Waals surface area (Å²) in [5.74, 6) is -0.488. The number of fused-ring (bicyclic) bond motifs is 1. The van der Waals surface area contributed by atoms with Crippen molar-refractivity contribution in [2.45, 2.75) is 65.8 Å². The van der Waals surface area contributed by atoms with E-state index in [2.05, 4.69) is 50.0 Å². The number of hydrogen-bond acceptors (Lipinski definition) is 4. The lowest BCUT2D eigenvalue weighted by Gasteiger charge is -2.47. The van der Waals surface area contributed by atoms with Crippen molar-refractivity contribution in [2.24, 2.45) is 0 Å². The zero-order chi connectivity index (χ0) is 24.8. The molecule has 0 bridgehead atoms. The highest BCUT2D eigenvalue weighted by Gasteiger charge is 2.37. The second-order valence-electron chi connectivity index (χ2n) is 10.1. The van der Waals surface area contributed by atoms with Crippen LogP contribution in [0.2, 0.25) is 0 Å². The Morgan fingerprint density at radius 1 is 1.12 bits per heavy atom. The van der Waals surface area contributed by atoms with Crippen LogP contribution in [0.15, 0.2) is 42.0 Å². The zero-order valence-corrected chi connectivity index (χ0v) is 21.7. The molecule has 4 rings (SSSR count). The first-order chi connectivity index (χ1) is 16.0. The van der Waals surface area contributed by atoms with E-state index in [9.17, 15) is 9.59 Å². The molecule has 1 N–H and O–H groups in total. The van der Waals surface area contributed by atoms with E-state index in [1.807, 2.05) is 38.1 Å². The molecule has 1 unspecified atom stereocenters. The summed E-state index contributed by atoms with van der Waals surface area (Å²) >= 11 is 5.35. The SMILES string of the molecule is CCCN1c2ccc(/C=C3/C(=O)NC(=S)N(c4ccc(C)c(C)c4)C3=O)cc2C(C)CC1(C)C. The minimum Gasteiger partial charge on any atom is -0.366 e. The number of nitrogens with zero attached hydrogens (tertiary/aromatic N) is 2. The summed E-state index contributed by atoms with van der Waals surface area (Å²) in [6.07, 6.45) is 3.81. The van der Waals surface area contributed by atoms with Crippen molar-refractivity contribution >= 4 is 46.6 Å². The molecule has 1 fully saturated rings. The fraction of sp³-hybridized carbons (Fsp3) is 0.393.